The maximum absolute atomic E-state index is 6.17. The van der Waals surface area contributed by atoms with Crippen LogP contribution >= 0.6 is 22.9 Å². The minimum absolute atomic E-state index is 0.0448. The predicted octanol–water partition coefficient (Wildman–Crippen LogP) is 3.92. The van der Waals surface area contributed by atoms with Crippen LogP contribution in [0.4, 0.5) is 0 Å². The van der Waals surface area contributed by atoms with Gasteiger partial charge in [0, 0.05) is 28.5 Å². The van der Waals surface area contributed by atoms with Crippen LogP contribution in [-0.2, 0) is 6.54 Å². The SMILES string of the molecule is CC(N)C(c1cccc(Cl)c1)N(C)Cc1cccs1. The molecule has 0 aliphatic rings. The molecule has 0 fully saturated rings. The maximum atomic E-state index is 6.17. The quantitative estimate of drug-likeness (QED) is 0.905. The molecule has 1 aromatic carbocycles. The zero-order valence-corrected chi connectivity index (χ0v) is 12.8. The summed E-state index contributed by atoms with van der Waals surface area (Å²) in [4.78, 5) is 3.62. The Kier molecular flexibility index (Phi) is 4.99. The third-order valence-corrected chi connectivity index (χ3v) is 4.24. The van der Waals surface area contributed by atoms with Crippen molar-refractivity contribution in [1.82, 2.24) is 4.90 Å². The highest BCUT2D eigenvalue weighted by Crippen LogP contribution is 2.26. The van der Waals surface area contributed by atoms with Gasteiger partial charge in [0.05, 0.1) is 0 Å². The van der Waals surface area contributed by atoms with Crippen LogP contribution < -0.4 is 5.73 Å². The topological polar surface area (TPSA) is 29.3 Å². The highest BCUT2D eigenvalue weighted by Gasteiger charge is 2.21. The number of hydrogen-bond acceptors (Lipinski definition) is 3. The minimum atomic E-state index is 0.0448. The summed E-state index contributed by atoms with van der Waals surface area (Å²) in [7, 11) is 2.11. The van der Waals surface area contributed by atoms with Crippen LogP contribution in [0.15, 0.2) is 41.8 Å². The third kappa shape index (κ3) is 3.80. The molecule has 0 radical (unpaired) electrons. The van der Waals surface area contributed by atoms with Crippen molar-refractivity contribution >= 4 is 22.9 Å². The summed E-state index contributed by atoms with van der Waals surface area (Å²) < 4.78 is 0. The molecule has 2 rings (SSSR count). The molecule has 0 aliphatic carbocycles. The molecule has 0 saturated carbocycles. The van der Waals surface area contributed by atoms with Gasteiger partial charge in [-0.05, 0) is 43.1 Å². The van der Waals surface area contributed by atoms with Crippen molar-refractivity contribution in [1.29, 1.82) is 0 Å². The van der Waals surface area contributed by atoms with E-state index in [1.165, 1.54) is 10.4 Å². The summed E-state index contributed by atoms with van der Waals surface area (Å²) in [5.74, 6) is 0. The van der Waals surface area contributed by atoms with Crippen molar-refractivity contribution in [3.8, 4) is 0 Å². The van der Waals surface area contributed by atoms with E-state index in [0.29, 0.717) is 0 Å². The molecule has 19 heavy (non-hydrogen) atoms. The fraction of sp³-hybridized carbons (Fsp3) is 0.333. The van der Waals surface area contributed by atoms with Gasteiger partial charge in [-0.1, -0.05) is 29.8 Å². The number of hydrogen-bond donors (Lipinski definition) is 1. The monoisotopic (exact) mass is 294 g/mol. The minimum Gasteiger partial charge on any atom is -0.326 e. The zero-order valence-electron chi connectivity index (χ0n) is 11.2. The van der Waals surface area contributed by atoms with E-state index >= 15 is 0 Å². The highest BCUT2D eigenvalue weighted by atomic mass is 35.5. The number of benzene rings is 1. The third-order valence-electron chi connectivity index (χ3n) is 3.15. The standard InChI is InChI=1S/C15H19ClN2S/c1-11(17)15(12-5-3-6-13(16)9-12)18(2)10-14-7-4-8-19-14/h3-9,11,15H,10,17H2,1-2H3. The van der Waals surface area contributed by atoms with Crippen molar-refractivity contribution in [2.24, 2.45) is 5.73 Å². The normalized spacial score (nSPS) is 14.6. The molecule has 1 heterocycles. The Morgan fingerprint density at radius 3 is 2.68 bits per heavy atom. The van der Waals surface area contributed by atoms with Gasteiger partial charge in [-0.25, -0.2) is 0 Å². The first kappa shape index (κ1) is 14.5. The first-order chi connectivity index (χ1) is 9.08. The van der Waals surface area contributed by atoms with Crippen LogP contribution in [0.3, 0.4) is 0 Å². The Bertz CT molecular complexity index is 511. The number of nitrogens with two attached hydrogens (primary N) is 1. The summed E-state index contributed by atoms with van der Waals surface area (Å²) >= 11 is 7.85. The number of thiophene rings is 1. The second-order valence-corrected chi connectivity index (χ2v) is 6.32. The lowest BCUT2D eigenvalue weighted by Gasteiger charge is -2.31. The molecule has 1 aromatic heterocycles. The summed E-state index contributed by atoms with van der Waals surface area (Å²) in [6, 6.07) is 12.4. The first-order valence-electron chi connectivity index (χ1n) is 6.31. The molecule has 2 aromatic rings. The van der Waals surface area contributed by atoms with Crippen molar-refractivity contribution in [2.75, 3.05) is 7.05 Å². The number of nitrogens with zero attached hydrogens (tertiary/aromatic N) is 1. The van der Waals surface area contributed by atoms with Gasteiger partial charge < -0.3 is 5.73 Å². The van der Waals surface area contributed by atoms with Gasteiger partial charge >= 0.3 is 0 Å². The van der Waals surface area contributed by atoms with Crippen LogP contribution in [0.5, 0.6) is 0 Å². The summed E-state index contributed by atoms with van der Waals surface area (Å²) in [5.41, 5.74) is 7.34. The zero-order chi connectivity index (χ0) is 13.8. The van der Waals surface area contributed by atoms with E-state index in [-0.39, 0.29) is 12.1 Å². The molecule has 0 spiro atoms. The fourth-order valence-corrected chi connectivity index (χ4v) is 3.36. The van der Waals surface area contributed by atoms with Crippen molar-refractivity contribution < 1.29 is 0 Å². The van der Waals surface area contributed by atoms with Gasteiger partial charge in [-0.15, -0.1) is 11.3 Å². The Balaban J connectivity index is 2.20. The molecule has 2 nitrogen and oxygen atoms in total. The molecule has 2 N–H and O–H groups in total. The Hall–Kier alpha value is -0.870. The van der Waals surface area contributed by atoms with Crippen LogP contribution in [0.2, 0.25) is 5.02 Å². The second kappa shape index (κ2) is 6.53. The van der Waals surface area contributed by atoms with Crippen LogP contribution in [0, 0.1) is 0 Å². The molecule has 0 saturated heterocycles. The molecule has 0 bridgehead atoms. The lowest BCUT2D eigenvalue weighted by molar-refractivity contribution is 0.212. The van der Waals surface area contributed by atoms with Crippen LogP contribution in [0.1, 0.15) is 23.4 Å². The number of halogens is 1. The van der Waals surface area contributed by atoms with Gasteiger partial charge in [-0.2, -0.15) is 0 Å². The van der Waals surface area contributed by atoms with Gasteiger partial charge in [0.15, 0.2) is 0 Å². The average Bonchev–Trinajstić information content (AvgIpc) is 2.81. The van der Waals surface area contributed by atoms with Gasteiger partial charge in [0.25, 0.3) is 0 Å². The molecule has 2 unspecified atom stereocenters. The molecule has 4 heteroatoms. The molecule has 102 valence electrons. The largest absolute Gasteiger partial charge is 0.326 e. The van der Waals surface area contributed by atoms with E-state index in [4.69, 9.17) is 17.3 Å². The van der Waals surface area contributed by atoms with Crippen molar-refractivity contribution in [2.45, 2.75) is 25.6 Å². The maximum Gasteiger partial charge on any atom is 0.0497 e. The smallest absolute Gasteiger partial charge is 0.0497 e. The number of likely N-dealkylation sites (N-methyl/N-ethyl adjacent to an activating group) is 1. The molecular formula is C15H19ClN2S. The van der Waals surface area contributed by atoms with E-state index in [0.717, 1.165) is 11.6 Å². The van der Waals surface area contributed by atoms with E-state index in [2.05, 4.69) is 35.5 Å². The lowest BCUT2D eigenvalue weighted by atomic mass is 9.99. The fourth-order valence-electron chi connectivity index (χ4n) is 2.40. The second-order valence-electron chi connectivity index (χ2n) is 4.85. The van der Waals surface area contributed by atoms with Crippen molar-refractivity contribution in [3.63, 3.8) is 0 Å². The Morgan fingerprint density at radius 1 is 1.32 bits per heavy atom. The van der Waals surface area contributed by atoms with Crippen LogP contribution in [-0.4, -0.2) is 18.0 Å². The summed E-state index contributed by atoms with van der Waals surface area (Å²) in [5, 5.41) is 2.86. The van der Waals surface area contributed by atoms with E-state index in [1.54, 1.807) is 11.3 Å². The molecule has 0 amide bonds. The van der Waals surface area contributed by atoms with Gasteiger partial charge in [0.2, 0.25) is 0 Å². The average molecular weight is 295 g/mol. The molecule has 0 aliphatic heterocycles. The predicted molar refractivity (Wildman–Crippen MR) is 83.6 cm³/mol. The van der Waals surface area contributed by atoms with Crippen LogP contribution in [0.25, 0.3) is 0 Å². The first-order valence-corrected chi connectivity index (χ1v) is 7.57. The number of rotatable bonds is 5. The lowest BCUT2D eigenvalue weighted by Crippen LogP contribution is -2.36. The Morgan fingerprint density at radius 2 is 2.11 bits per heavy atom. The van der Waals surface area contributed by atoms with Gasteiger partial charge in [0.1, 0.15) is 0 Å². The summed E-state index contributed by atoms with van der Waals surface area (Å²) in [6.07, 6.45) is 0. The van der Waals surface area contributed by atoms with E-state index < -0.39 is 0 Å². The van der Waals surface area contributed by atoms with E-state index in [9.17, 15) is 0 Å². The molecular weight excluding hydrogens is 276 g/mol. The highest BCUT2D eigenvalue weighted by molar-refractivity contribution is 7.09. The van der Waals surface area contributed by atoms with E-state index in [1.807, 2.05) is 25.1 Å². The van der Waals surface area contributed by atoms with Crippen molar-refractivity contribution in [3.05, 3.63) is 57.2 Å². The molecule has 2 atom stereocenters. The van der Waals surface area contributed by atoms with Gasteiger partial charge in [-0.3, -0.25) is 4.90 Å². The Labute approximate surface area is 123 Å². The summed E-state index contributed by atoms with van der Waals surface area (Å²) in [6.45, 7) is 2.94.